The van der Waals surface area contributed by atoms with Gasteiger partial charge in [-0.05, 0) is 30.5 Å². The quantitative estimate of drug-likeness (QED) is 0.863. The van der Waals surface area contributed by atoms with Gasteiger partial charge in [-0.25, -0.2) is 0 Å². The number of carboxylic acid groups (broad SMARTS) is 1. The number of carboxylic acids is 1. The van der Waals surface area contributed by atoms with E-state index in [1.54, 1.807) is 0 Å². The molecule has 1 atom stereocenters. The maximum absolute atomic E-state index is 10.4. The summed E-state index contributed by atoms with van der Waals surface area (Å²) in [5.74, 6) is -0.835. The fourth-order valence-electron chi connectivity index (χ4n) is 1.33. The van der Waals surface area contributed by atoms with Crippen LogP contribution >= 0.6 is 15.9 Å². The first-order valence-corrected chi connectivity index (χ1v) is 5.59. The van der Waals surface area contributed by atoms with Gasteiger partial charge in [0.1, 0.15) is 0 Å². The number of hydrogen-bond acceptors (Lipinski definition) is 2. The topological polar surface area (TPSA) is 63.3 Å². The highest BCUT2D eigenvalue weighted by Crippen LogP contribution is 2.12. The number of rotatable bonds is 5. The molecular formula is C11H14BrNO2. The summed E-state index contributed by atoms with van der Waals surface area (Å²) in [6, 6.07) is 7.71. The van der Waals surface area contributed by atoms with Crippen molar-refractivity contribution in [2.75, 3.05) is 0 Å². The number of benzene rings is 1. The first kappa shape index (κ1) is 12.2. The molecule has 0 aliphatic carbocycles. The summed E-state index contributed by atoms with van der Waals surface area (Å²) in [4.78, 5) is 10.4. The zero-order chi connectivity index (χ0) is 11.3. The number of carbonyl (C=O) groups is 1. The molecule has 0 bridgehead atoms. The highest BCUT2D eigenvalue weighted by Gasteiger charge is 2.07. The molecule has 0 fully saturated rings. The molecule has 82 valence electrons. The summed E-state index contributed by atoms with van der Waals surface area (Å²) < 4.78 is 1.04. The maximum atomic E-state index is 10.4. The molecule has 3 N–H and O–H groups in total. The molecule has 1 rings (SSSR count). The summed E-state index contributed by atoms with van der Waals surface area (Å²) in [5.41, 5.74) is 6.84. The highest BCUT2D eigenvalue weighted by atomic mass is 79.9. The highest BCUT2D eigenvalue weighted by molar-refractivity contribution is 9.10. The van der Waals surface area contributed by atoms with Gasteiger partial charge in [-0.1, -0.05) is 28.1 Å². The number of halogens is 1. The largest absolute Gasteiger partial charge is 0.481 e. The second-order valence-electron chi connectivity index (χ2n) is 3.52. The molecule has 0 saturated heterocycles. The first-order valence-electron chi connectivity index (χ1n) is 4.80. The Labute approximate surface area is 97.4 Å². The Morgan fingerprint density at radius 2 is 2.00 bits per heavy atom. The fraction of sp³-hybridized carbons (Fsp3) is 0.364. The SMILES string of the molecule is NC(CCc1ccc(Br)cc1)CC(=O)O. The van der Waals surface area contributed by atoms with Gasteiger partial charge in [0.25, 0.3) is 0 Å². The predicted molar refractivity (Wildman–Crippen MR) is 62.7 cm³/mol. The molecule has 15 heavy (non-hydrogen) atoms. The Bertz CT molecular complexity index is 324. The van der Waals surface area contributed by atoms with Crippen LogP contribution in [0.2, 0.25) is 0 Å². The van der Waals surface area contributed by atoms with Crippen LogP contribution < -0.4 is 5.73 Å². The van der Waals surface area contributed by atoms with Gasteiger partial charge in [0.2, 0.25) is 0 Å². The van der Waals surface area contributed by atoms with E-state index in [0.29, 0.717) is 6.42 Å². The van der Waals surface area contributed by atoms with Crippen LogP contribution in [0.5, 0.6) is 0 Å². The van der Waals surface area contributed by atoms with Crippen LogP contribution in [0.1, 0.15) is 18.4 Å². The summed E-state index contributed by atoms with van der Waals surface area (Å²) in [6.07, 6.45) is 1.56. The van der Waals surface area contributed by atoms with Crippen molar-refractivity contribution in [2.45, 2.75) is 25.3 Å². The number of aliphatic carboxylic acids is 1. The standard InChI is InChI=1S/C11H14BrNO2/c12-9-4-1-8(2-5-9)3-6-10(13)7-11(14)15/h1-2,4-5,10H,3,6-7,13H2,(H,14,15). The Balaban J connectivity index is 2.36. The van der Waals surface area contributed by atoms with Crippen LogP contribution in [0.3, 0.4) is 0 Å². The van der Waals surface area contributed by atoms with Crippen molar-refractivity contribution in [3.05, 3.63) is 34.3 Å². The fourth-order valence-corrected chi connectivity index (χ4v) is 1.59. The van der Waals surface area contributed by atoms with Gasteiger partial charge in [0, 0.05) is 10.5 Å². The Hall–Kier alpha value is -0.870. The van der Waals surface area contributed by atoms with E-state index < -0.39 is 5.97 Å². The van der Waals surface area contributed by atoms with Crippen molar-refractivity contribution in [3.8, 4) is 0 Å². The minimum Gasteiger partial charge on any atom is -0.481 e. The molecule has 0 heterocycles. The molecule has 0 radical (unpaired) electrons. The van der Waals surface area contributed by atoms with Crippen LogP contribution in [0.15, 0.2) is 28.7 Å². The number of hydrogen-bond donors (Lipinski definition) is 2. The Morgan fingerprint density at radius 1 is 1.40 bits per heavy atom. The van der Waals surface area contributed by atoms with E-state index in [1.807, 2.05) is 24.3 Å². The van der Waals surface area contributed by atoms with E-state index in [1.165, 1.54) is 5.56 Å². The van der Waals surface area contributed by atoms with Crippen molar-refractivity contribution in [2.24, 2.45) is 5.73 Å². The van der Waals surface area contributed by atoms with Crippen molar-refractivity contribution in [3.63, 3.8) is 0 Å². The van der Waals surface area contributed by atoms with Crippen molar-refractivity contribution < 1.29 is 9.90 Å². The molecule has 0 amide bonds. The molecule has 0 aromatic heterocycles. The molecule has 0 saturated carbocycles. The van der Waals surface area contributed by atoms with Gasteiger partial charge in [0.15, 0.2) is 0 Å². The molecule has 0 spiro atoms. The van der Waals surface area contributed by atoms with E-state index in [9.17, 15) is 4.79 Å². The van der Waals surface area contributed by atoms with Crippen LogP contribution in [0.4, 0.5) is 0 Å². The maximum Gasteiger partial charge on any atom is 0.304 e. The zero-order valence-electron chi connectivity index (χ0n) is 8.32. The van der Waals surface area contributed by atoms with Gasteiger partial charge >= 0.3 is 5.97 Å². The molecular weight excluding hydrogens is 258 g/mol. The lowest BCUT2D eigenvalue weighted by molar-refractivity contribution is -0.137. The number of nitrogens with two attached hydrogens (primary N) is 1. The summed E-state index contributed by atoms with van der Waals surface area (Å²) in [6.45, 7) is 0. The van der Waals surface area contributed by atoms with Gasteiger partial charge in [-0.15, -0.1) is 0 Å². The third-order valence-corrected chi connectivity index (χ3v) is 2.68. The summed E-state index contributed by atoms with van der Waals surface area (Å²) in [7, 11) is 0. The van der Waals surface area contributed by atoms with Gasteiger partial charge in [-0.3, -0.25) is 4.79 Å². The Morgan fingerprint density at radius 3 is 2.53 bits per heavy atom. The molecule has 3 nitrogen and oxygen atoms in total. The average Bonchev–Trinajstić information content (AvgIpc) is 2.16. The lowest BCUT2D eigenvalue weighted by Crippen LogP contribution is -2.24. The van der Waals surface area contributed by atoms with E-state index in [2.05, 4.69) is 15.9 Å². The molecule has 1 aromatic rings. The third-order valence-electron chi connectivity index (χ3n) is 2.15. The lowest BCUT2D eigenvalue weighted by Gasteiger charge is -2.08. The average molecular weight is 272 g/mol. The lowest BCUT2D eigenvalue weighted by atomic mass is 10.0. The van der Waals surface area contributed by atoms with E-state index in [4.69, 9.17) is 10.8 Å². The summed E-state index contributed by atoms with van der Waals surface area (Å²) in [5, 5.41) is 8.53. The minimum atomic E-state index is -0.835. The van der Waals surface area contributed by atoms with Crippen LogP contribution in [0.25, 0.3) is 0 Å². The smallest absolute Gasteiger partial charge is 0.304 e. The van der Waals surface area contributed by atoms with Crippen molar-refractivity contribution >= 4 is 21.9 Å². The number of aryl methyl sites for hydroxylation is 1. The molecule has 1 unspecified atom stereocenters. The van der Waals surface area contributed by atoms with Crippen LogP contribution in [-0.2, 0) is 11.2 Å². The van der Waals surface area contributed by atoms with Crippen LogP contribution in [0, 0.1) is 0 Å². The van der Waals surface area contributed by atoms with Gasteiger partial charge < -0.3 is 10.8 Å². The van der Waals surface area contributed by atoms with E-state index >= 15 is 0 Å². The molecule has 1 aromatic carbocycles. The summed E-state index contributed by atoms with van der Waals surface area (Å²) >= 11 is 3.36. The van der Waals surface area contributed by atoms with Gasteiger partial charge in [0.05, 0.1) is 6.42 Å². The Kier molecular flexibility index (Phi) is 4.78. The van der Waals surface area contributed by atoms with Crippen molar-refractivity contribution in [1.82, 2.24) is 0 Å². The monoisotopic (exact) mass is 271 g/mol. The van der Waals surface area contributed by atoms with Gasteiger partial charge in [-0.2, -0.15) is 0 Å². The second kappa shape index (κ2) is 5.88. The third kappa shape index (κ3) is 4.95. The minimum absolute atomic E-state index is 0.0382. The zero-order valence-corrected chi connectivity index (χ0v) is 9.90. The molecule has 4 heteroatoms. The van der Waals surface area contributed by atoms with E-state index in [-0.39, 0.29) is 12.5 Å². The normalized spacial score (nSPS) is 12.4. The van der Waals surface area contributed by atoms with E-state index in [0.717, 1.165) is 10.9 Å². The van der Waals surface area contributed by atoms with Crippen LogP contribution in [-0.4, -0.2) is 17.1 Å². The van der Waals surface area contributed by atoms with Crippen molar-refractivity contribution in [1.29, 1.82) is 0 Å². The predicted octanol–water partition coefficient (Wildman–Crippen LogP) is 2.18. The molecule has 0 aliphatic rings. The second-order valence-corrected chi connectivity index (χ2v) is 4.44. The first-order chi connectivity index (χ1) is 7.08. The molecule has 0 aliphatic heterocycles.